The lowest BCUT2D eigenvalue weighted by atomic mass is 9.74. The van der Waals surface area contributed by atoms with Crippen LogP contribution in [0.25, 0.3) is 0 Å². The Balaban J connectivity index is 1.46. The number of cyclic esters (lactones) is 1. The number of aromatic nitrogens is 4. The van der Waals surface area contributed by atoms with Crippen molar-refractivity contribution in [1.29, 1.82) is 0 Å². The molecule has 384 valence electrons. The van der Waals surface area contributed by atoms with E-state index in [0.717, 1.165) is 12.0 Å². The van der Waals surface area contributed by atoms with Crippen molar-refractivity contribution in [3.63, 3.8) is 0 Å². The maximum atomic E-state index is 14.5. The summed E-state index contributed by atoms with van der Waals surface area (Å²) in [5, 5.41) is 45.5. The zero-order valence-corrected chi connectivity index (χ0v) is 42.3. The van der Waals surface area contributed by atoms with Gasteiger partial charge >= 0.3 is 5.97 Å². The van der Waals surface area contributed by atoms with Crippen molar-refractivity contribution in [2.75, 3.05) is 27.4 Å². The van der Waals surface area contributed by atoms with Gasteiger partial charge in [0.2, 0.25) is 5.79 Å². The van der Waals surface area contributed by atoms with Crippen LogP contribution in [0.1, 0.15) is 132 Å². The SMILES string of the molecule is CO[C@H]1C[C@@H]2CC[C@@H](C)[C@@](O)(O2)C(=O)C(=O)N2CCCCC2C(=O)O[C@H]([C@H](C)CC2CC[C@H](n3cnnn3)[C@H](CO)C2)CC(=O)/C(C)=C/C(C)[C@@H](O)[C@@H](OC)C(=O)[C@H](C)C[C@H](C)C=CC=CC=C1C. The molecule has 0 aromatic carbocycles. The second kappa shape index (κ2) is 25.7. The highest BCUT2D eigenvalue weighted by molar-refractivity contribution is 6.39. The van der Waals surface area contributed by atoms with Gasteiger partial charge in [0.25, 0.3) is 11.7 Å². The summed E-state index contributed by atoms with van der Waals surface area (Å²) in [4.78, 5) is 72.2. The van der Waals surface area contributed by atoms with Crippen LogP contribution in [-0.4, -0.2) is 139 Å². The molecule has 15 atom stereocenters. The van der Waals surface area contributed by atoms with Gasteiger partial charge in [-0.15, -0.1) is 5.10 Å². The van der Waals surface area contributed by atoms with E-state index in [1.54, 1.807) is 45.0 Å². The van der Waals surface area contributed by atoms with Gasteiger partial charge in [0.15, 0.2) is 11.6 Å². The summed E-state index contributed by atoms with van der Waals surface area (Å²) in [7, 11) is 2.96. The molecular formula is C52H79N5O12. The van der Waals surface area contributed by atoms with Gasteiger partial charge in [0.05, 0.1) is 24.4 Å². The number of tetrazole rings is 1. The Morgan fingerprint density at radius 1 is 0.928 bits per heavy atom. The maximum Gasteiger partial charge on any atom is 0.329 e. The zero-order chi connectivity index (χ0) is 50.6. The van der Waals surface area contributed by atoms with Crippen LogP contribution >= 0.6 is 0 Å². The van der Waals surface area contributed by atoms with Crippen molar-refractivity contribution in [3.05, 3.63) is 53.9 Å². The Labute approximate surface area is 408 Å². The van der Waals surface area contributed by atoms with Gasteiger partial charge in [0, 0.05) is 63.9 Å². The number of carbonyl (C=O) groups is 5. The fourth-order valence-electron chi connectivity index (χ4n) is 10.9. The summed E-state index contributed by atoms with van der Waals surface area (Å²) in [6.07, 6.45) is 13.8. The lowest BCUT2D eigenvalue weighted by Gasteiger charge is -2.42. The summed E-state index contributed by atoms with van der Waals surface area (Å²) in [5.74, 6) is -8.17. The predicted octanol–water partition coefficient (Wildman–Crippen LogP) is 5.64. The Hall–Kier alpha value is -4.26. The summed E-state index contributed by atoms with van der Waals surface area (Å²) < 4.78 is 25.6. The highest BCUT2D eigenvalue weighted by atomic mass is 16.6. The molecule has 1 aromatic heterocycles. The largest absolute Gasteiger partial charge is 0.460 e. The molecule has 1 aromatic rings. The van der Waals surface area contributed by atoms with Gasteiger partial charge in [-0.25, -0.2) is 9.48 Å². The van der Waals surface area contributed by atoms with Crippen LogP contribution in [0.4, 0.5) is 0 Å². The Kier molecular flexibility index (Phi) is 20.8. The third kappa shape index (κ3) is 14.2. The minimum atomic E-state index is -2.44. The van der Waals surface area contributed by atoms with Crippen LogP contribution in [-0.2, 0) is 42.9 Å². The number of aliphatic hydroxyl groups excluding tert-OH is 2. The number of amides is 1. The average Bonchev–Trinajstić information content (AvgIpc) is 3.88. The number of aliphatic hydroxyl groups is 3. The third-order valence-electron chi connectivity index (χ3n) is 15.3. The lowest BCUT2D eigenvalue weighted by molar-refractivity contribution is -0.265. The number of Topliss-reactive ketones (excluding diaryl/α,β-unsaturated/α-hetero) is 3. The van der Waals surface area contributed by atoms with E-state index in [2.05, 4.69) is 15.5 Å². The molecule has 17 heteroatoms. The molecule has 1 saturated carbocycles. The minimum absolute atomic E-state index is 0.0148. The van der Waals surface area contributed by atoms with Gasteiger partial charge in [-0.05, 0) is 117 Å². The molecular weight excluding hydrogens is 887 g/mol. The molecule has 4 heterocycles. The van der Waals surface area contributed by atoms with Crippen molar-refractivity contribution < 1.29 is 58.2 Å². The number of methoxy groups -OCH3 is 2. The third-order valence-corrected chi connectivity index (χ3v) is 15.3. The van der Waals surface area contributed by atoms with Crippen molar-refractivity contribution in [2.45, 2.75) is 174 Å². The van der Waals surface area contributed by atoms with Gasteiger partial charge < -0.3 is 39.2 Å². The fraction of sp³-hybridized carbons (Fsp3) is 0.731. The second-order valence-electron chi connectivity index (χ2n) is 20.6. The molecule has 0 spiro atoms. The van der Waals surface area contributed by atoms with Crippen LogP contribution in [0.5, 0.6) is 0 Å². The van der Waals surface area contributed by atoms with Gasteiger partial charge in [0.1, 0.15) is 24.6 Å². The second-order valence-corrected chi connectivity index (χ2v) is 20.6. The Morgan fingerprint density at radius 2 is 1.68 bits per heavy atom. The number of nitrogens with zero attached hydrogens (tertiary/aromatic N) is 5. The Morgan fingerprint density at radius 3 is 2.36 bits per heavy atom. The van der Waals surface area contributed by atoms with E-state index in [1.807, 2.05) is 58.1 Å². The van der Waals surface area contributed by atoms with Crippen LogP contribution in [0, 0.1) is 41.4 Å². The van der Waals surface area contributed by atoms with Gasteiger partial charge in [-0.3, -0.25) is 19.2 Å². The predicted molar refractivity (Wildman–Crippen MR) is 256 cm³/mol. The number of esters is 1. The standard InChI is InChI=1S/C52H79N5O12/c1-31-15-11-10-12-16-32(2)44(66-8)27-40-20-18-37(7)52(65,69-40)49(62)50(63)56-22-14-13-17-42(56)51(64)68-45(34(4)25-38-19-21-41(39(26-38)29-58)57-30-53-54-55-57)28-43(59)33(3)24-36(6)47(61)48(67-9)46(60)35(5)23-31/h10-12,15-16,24,30-31,34-42,44-45,47-48,58,61,65H,13-14,17-23,25-29H2,1-9H3/b12-10?,15-11?,32-16?,33-24+/t31-,34-,35-,36?,37-,38?,39+,40+,41+,42?,44+,45+,47-,48+,52-/m1/s1. The highest BCUT2D eigenvalue weighted by Crippen LogP contribution is 2.41. The molecule has 0 radical (unpaired) electrons. The molecule has 2 bridgehead atoms. The quantitative estimate of drug-likeness (QED) is 0.222. The molecule has 1 amide bonds. The number of hydrogen-bond donors (Lipinski definition) is 3. The maximum absolute atomic E-state index is 14.5. The number of carbonyl (C=O) groups excluding carboxylic acids is 5. The van der Waals surface area contributed by atoms with Crippen LogP contribution in [0.2, 0.25) is 0 Å². The number of rotatable bonds is 7. The molecule has 3 unspecified atom stereocenters. The highest BCUT2D eigenvalue weighted by Gasteiger charge is 2.53. The van der Waals surface area contributed by atoms with E-state index in [0.29, 0.717) is 63.4 Å². The first-order chi connectivity index (χ1) is 32.8. The van der Waals surface area contributed by atoms with E-state index in [-0.39, 0.29) is 67.3 Å². The molecule has 2 saturated heterocycles. The van der Waals surface area contributed by atoms with E-state index >= 15 is 0 Å². The number of hydrogen-bond acceptors (Lipinski definition) is 15. The number of piperidine rings is 1. The van der Waals surface area contributed by atoms with Gasteiger partial charge in [-0.2, -0.15) is 0 Å². The summed E-state index contributed by atoms with van der Waals surface area (Å²) in [6.45, 7) is 12.7. The molecule has 3 N–H and O–H groups in total. The number of fused-ring (bicyclic) bond motifs is 3. The zero-order valence-electron chi connectivity index (χ0n) is 42.3. The molecule has 3 aliphatic heterocycles. The molecule has 3 fully saturated rings. The molecule has 69 heavy (non-hydrogen) atoms. The monoisotopic (exact) mass is 966 g/mol. The number of ketones is 3. The van der Waals surface area contributed by atoms with Crippen molar-refractivity contribution in [1.82, 2.24) is 25.1 Å². The van der Waals surface area contributed by atoms with Crippen LogP contribution < -0.4 is 0 Å². The molecule has 5 rings (SSSR count). The summed E-state index contributed by atoms with van der Waals surface area (Å²) in [6, 6.07) is -1.24. The molecule has 4 aliphatic rings. The van der Waals surface area contributed by atoms with Crippen molar-refractivity contribution in [2.24, 2.45) is 41.4 Å². The van der Waals surface area contributed by atoms with Crippen LogP contribution in [0.15, 0.2) is 53.9 Å². The average molecular weight is 966 g/mol. The number of ether oxygens (including phenoxy) is 4. The number of allylic oxidation sites excluding steroid dienone is 6. The smallest absolute Gasteiger partial charge is 0.329 e. The van der Waals surface area contributed by atoms with Crippen molar-refractivity contribution in [3.8, 4) is 0 Å². The van der Waals surface area contributed by atoms with Gasteiger partial charge in [-0.1, -0.05) is 71.1 Å². The van der Waals surface area contributed by atoms with Crippen LogP contribution in [0.3, 0.4) is 0 Å². The molecule has 1 aliphatic carbocycles. The Bertz CT molecular complexity index is 2020. The first-order valence-corrected chi connectivity index (χ1v) is 25.1. The summed E-state index contributed by atoms with van der Waals surface area (Å²) in [5.41, 5.74) is 1.18. The fourth-order valence-corrected chi connectivity index (χ4v) is 10.9. The lowest BCUT2D eigenvalue weighted by Crippen LogP contribution is -2.61. The van der Waals surface area contributed by atoms with E-state index in [4.69, 9.17) is 18.9 Å². The normalized spacial score (nSPS) is 37.1. The summed E-state index contributed by atoms with van der Waals surface area (Å²) >= 11 is 0. The van der Waals surface area contributed by atoms with E-state index in [1.165, 1.54) is 12.0 Å². The first-order valence-electron chi connectivity index (χ1n) is 25.1. The van der Waals surface area contributed by atoms with E-state index in [9.17, 15) is 39.3 Å². The molecule has 17 nitrogen and oxygen atoms in total. The minimum Gasteiger partial charge on any atom is -0.460 e. The van der Waals surface area contributed by atoms with E-state index < -0.39 is 77.8 Å². The topological polar surface area (TPSA) is 230 Å². The van der Waals surface area contributed by atoms with Crippen molar-refractivity contribution >= 4 is 29.2 Å². The first kappa shape index (κ1) is 55.7.